The van der Waals surface area contributed by atoms with Crippen molar-refractivity contribution >= 4 is 21.6 Å². The van der Waals surface area contributed by atoms with Crippen LogP contribution in [0.15, 0.2) is 0 Å². The van der Waals surface area contributed by atoms with Gasteiger partial charge in [0.2, 0.25) is 0 Å². The van der Waals surface area contributed by atoms with E-state index in [2.05, 4.69) is 12.2 Å². The predicted octanol–water partition coefficient (Wildman–Crippen LogP) is 1.30. The second-order valence-corrected chi connectivity index (χ2v) is 8.47. The number of thioether (sulfide) groups is 1. The van der Waals surface area contributed by atoms with E-state index in [1.165, 1.54) is 18.6 Å². The molecule has 3 nitrogen and oxygen atoms in total. The van der Waals surface area contributed by atoms with Gasteiger partial charge in [-0.25, -0.2) is 8.42 Å². The van der Waals surface area contributed by atoms with Gasteiger partial charge in [-0.05, 0) is 25.5 Å². The maximum Gasteiger partial charge on any atom is 0.151 e. The number of sulfone groups is 1. The van der Waals surface area contributed by atoms with E-state index < -0.39 is 9.84 Å². The summed E-state index contributed by atoms with van der Waals surface area (Å²) in [4.78, 5) is 0. The topological polar surface area (TPSA) is 46.2 Å². The maximum absolute atomic E-state index is 11.2. The number of nitrogens with one attached hydrogen (secondary N) is 1. The molecule has 1 heterocycles. The van der Waals surface area contributed by atoms with E-state index >= 15 is 0 Å². The highest BCUT2D eigenvalue weighted by Crippen LogP contribution is 2.36. The molecule has 5 heteroatoms. The normalized spacial score (nSPS) is 27.1. The van der Waals surface area contributed by atoms with Crippen molar-refractivity contribution in [2.24, 2.45) is 0 Å². The van der Waals surface area contributed by atoms with Crippen molar-refractivity contribution in [3.63, 3.8) is 0 Å². The van der Waals surface area contributed by atoms with Crippen molar-refractivity contribution in [1.82, 2.24) is 5.32 Å². The molecule has 0 amide bonds. The average molecular weight is 251 g/mol. The second-order valence-electron chi connectivity index (χ2n) is 4.32. The summed E-state index contributed by atoms with van der Waals surface area (Å²) in [6.45, 7) is 5.47. The van der Waals surface area contributed by atoms with Crippen LogP contribution < -0.4 is 5.32 Å². The highest BCUT2D eigenvalue weighted by molar-refractivity contribution is 8.00. The fourth-order valence-corrected chi connectivity index (χ4v) is 3.72. The third kappa shape index (κ3) is 4.74. The Morgan fingerprint density at radius 1 is 1.47 bits per heavy atom. The van der Waals surface area contributed by atoms with Crippen LogP contribution in [0, 0.1) is 0 Å². The fourth-order valence-electron chi connectivity index (χ4n) is 1.70. The van der Waals surface area contributed by atoms with Gasteiger partial charge in [-0.2, -0.15) is 11.8 Å². The molecule has 1 rings (SSSR count). The van der Waals surface area contributed by atoms with Crippen molar-refractivity contribution in [2.45, 2.75) is 31.4 Å². The molecule has 0 aromatic heterocycles. The van der Waals surface area contributed by atoms with E-state index in [4.69, 9.17) is 0 Å². The quantitative estimate of drug-likeness (QED) is 0.723. The Morgan fingerprint density at radius 3 is 2.73 bits per heavy atom. The summed E-state index contributed by atoms with van der Waals surface area (Å²) in [6.07, 6.45) is 2.53. The zero-order valence-corrected chi connectivity index (χ0v) is 11.2. The minimum atomic E-state index is -2.80. The molecule has 90 valence electrons. The maximum atomic E-state index is 11.2. The van der Waals surface area contributed by atoms with Crippen LogP contribution in [0.2, 0.25) is 0 Å². The number of hydrogen-bond donors (Lipinski definition) is 1. The Morgan fingerprint density at radius 2 is 2.20 bits per heavy atom. The Hall–Kier alpha value is 0.260. The van der Waals surface area contributed by atoms with Crippen LogP contribution in [0.1, 0.15) is 26.7 Å². The van der Waals surface area contributed by atoms with Crippen molar-refractivity contribution < 1.29 is 8.42 Å². The minimum absolute atomic E-state index is 0.251. The first-order valence-electron chi connectivity index (χ1n) is 5.52. The molecule has 1 N–H and O–H groups in total. The molecule has 1 aliphatic heterocycles. The highest BCUT2D eigenvalue weighted by atomic mass is 32.2. The van der Waals surface area contributed by atoms with Crippen molar-refractivity contribution in [2.75, 3.05) is 30.3 Å². The molecular formula is C10H21NO2S2. The summed E-state index contributed by atoms with van der Waals surface area (Å²) in [7, 11) is -2.80. The van der Waals surface area contributed by atoms with Crippen LogP contribution >= 0.6 is 11.8 Å². The zero-order chi connectivity index (χ0) is 11.4. The molecular weight excluding hydrogens is 230 g/mol. The van der Waals surface area contributed by atoms with Gasteiger partial charge in [0.1, 0.15) is 0 Å². The minimum Gasteiger partial charge on any atom is -0.314 e. The molecule has 15 heavy (non-hydrogen) atoms. The van der Waals surface area contributed by atoms with E-state index in [0.29, 0.717) is 11.3 Å². The molecule has 0 aliphatic carbocycles. The molecule has 0 aromatic carbocycles. The summed E-state index contributed by atoms with van der Waals surface area (Å²) in [6, 6.07) is 0. The van der Waals surface area contributed by atoms with E-state index in [1.807, 2.05) is 11.8 Å². The van der Waals surface area contributed by atoms with Gasteiger partial charge >= 0.3 is 0 Å². The van der Waals surface area contributed by atoms with Gasteiger partial charge < -0.3 is 5.32 Å². The summed E-state index contributed by atoms with van der Waals surface area (Å²) < 4.78 is 22.8. The van der Waals surface area contributed by atoms with Gasteiger partial charge in [0.25, 0.3) is 0 Å². The molecule has 0 aromatic rings. The lowest BCUT2D eigenvalue weighted by atomic mass is 10.1. The molecule has 1 aliphatic rings. The van der Waals surface area contributed by atoms with Crippen LogP contribution in [0.5, 0.6) is 0 Å². The summed E-state index contributed by atoms with van der Waals surface area (Å²) in [5.74, 6) is 1.76. The monoisotopic (exact) mass is 251 g/mol. The van der Waals surface area contributed by atoms with Crippen molar-refractivity contribution in [3.8, 4) is 0 Å². The lowest BCUT2D eigenvalue weighted by molar-refractivity contribution is 0.543. The summed E-state index contributed by atoms with van der Waals surface area (Å²) >= 11 is 2.00. The van der Waals surface area contributed by atoms with Gasteiger partial charge in [-0.1, -0.05) is 6.92 Å². The van der Waals surface area contributed by atoms with Gasteiger partial charge in [-0.15, -0.1) is 0 Å². The smallest absolute Gasteiger partial charge is 0.151 e. The standard InChI is InChI=1S/C10H21NO2S2/c1-3-15(12,13)8-6-11-9-10(2)5-4-7-14-10/h11H,3-9H2,1-2H3. The van der Waals surface area contributed by atoms with Crippen LogP contribution in [-0.4, -0.2) is 43.5 Å². The Balaban J connectivity index is 2.17. The Labute approximate surface area is 97.3 Å². The lowest BCUT2D eigenvalue weighted by Gasteiger charge is -2.22. The summed E-state index contributed by atoms with van der Waals surface area (Å²) in [5, 5.41) is 3.26. The SMILES string of the molecule is CCS(=O)(=O)CCNCC1(C)CCCS1. The van der Waals surface area contributed by atoms with Crippen LogP contribution in [-0.2, 0) is 9.84 Å². The van der Waals surface area contributed by atoms with Crippen LogP contribution in [0.3, 0.4) is 0 Å². The fraction of sp³-hybridized carbons (Fsp3) is 1.00. The van der Waals surface area contributed by atoms with Gasteiger partial charge in [0.15, 0.2) is 9.84 Å². The number of hydrogen-bond acceptors (Lipinski definition) is 4. The molecule has 1 fully saturated rings. The largest absolute Gasteiger partial charge is 0.314 e. The highest BCUT2D eigenvalue weighted by Gasteiger charge is 2.28. The molecule has 0 spiro atoms. The lowest BCUT2D eigenvalue weighted by Crippen LogP contribution is -2.35. The molecule has 1 saturated heterocycles. The van der Waals surface area contributed by atoms with E-state index in [0.717, 1.165) is 6.54 Å². The van der Waals surface area contributed by atoms with E-state index in [9.17, 15) is 8.42 Å². The van der Waals surface area contributed by atoms with E-state index in [-0.39, 0.29) is 11.5 Å². The second kappa shape index (κ2) is 5.55. The molecule has 0 saturated carbocycles. The third-order valence-electron chi connectivity index (χ3n) is 2.83. The van der Waals surface area contributed by atoms with Gasteiger partial charge in [0.05, 0.1) is 5.75 Å². The van der Waals surface area contributed by atoms with Gasteiger partial charge in [0, 0.05) is 23.6 Å². The predicted molar refractivity (Wildman–Crippen MR) is 67.3 cm³/mol. The molecule has 0 radical (unpaired) electrons. The van der Waals surface area contributed by atoms with Crippen molar-refractivity contribution in [1.29, 1.82) is 0 Å². The third-order valence-corrected chi connectivity index (χ3v) is 6.07. The van der Waals surface area contributed by atoms with Gasteiger partial charge in [-0.3, -0.25) is 0 Å². The summed E-state index contributed by atoms with van der Waals surface area (Å²) in [5.41, 5.74) is 0. The Bertz CT molecular complexity index is 282. The van der Waals surface area contributed by atoms with Crippen molar-refractivity contribution in [3.05, 3.63) is 0 Å². The first-order valence-corrected chi connectivity index (χ1v) is 8.33. The average Bonchev–Trinajstić information content (AvgIpc) is 2.61. The first-order chi connectivity index (χ1) is 6.97. The number of rotatable bonds is 6. The first kappa shape index (κ1) is 13.3. The van der Waals surface area contributed by atoms with Crippen LogP contribution in [0.25, 0.3) is 0 Å². The molecule has 1 unspecified atom stereocenters. The zero-order valence-electron chi connectivity index (χ0n) is 9.58. The Kier molecular flexibility index (Phi) is 4.93. The van der Waals surface area contributed by atoms with E-state index in [1.54, 1.807) is 6.92 Å². The van der Waals surface area contributed by atoms with Crippen LogP contribution in [0.4, 0.5) is 0 Å². The molecule has 0 bridgehead atoms. The molecule has 1 atom stereocenters.